The van der Waals surface area contributed by atoms with E-state index in [0.29, 0.717) is 23.4 Å². The van der Waals surface area contributed by atoms with Gasteiger partial charge in [-0.3, -0.25) is 14.4 Å². The Bertz CT molecular complexity index is 1170. The minimum atomic E-state index is -0.822. The van der Waals surface area contributed by atoms with Crippen molar-refractivity contribution in [2.75, 3.05) is 13.6 Å². The van der Waals surface area contributed by atoms with Gasteiger partial charge in [0.2, 0.25) is 5.78 Å². The van der Waals surface area contributed by atoms with Crippen LogP contribution in [-0.2, 0) is 11.3 Å². The molecule has 1 heterocycles. The molecule has 0 unspecified atom stereocenters. The molecule has 0 atom stereocenters. The van der Waals surface area contributed by atoms with E-state index in [9.17, 15) is 14.4 Å². The predicted molar refractivity (Wildman–Crippen MR) is 154 cm³/mol. The van der Waals surface area contributed by atoms with E-state index in [0.717, 1.165) is 23.3 Å². The van der Waals surface area contributed by atoms with Crippen LogP contribution in [0.5, 0.6) is 0 Å². The largest absolute Gasteiger partial charge is 0.480 e. The number of rotatable bonds is 8. The van der Waals surface area contributed by atoms with Gasteiger partial charge in [0, 0.05) is 23.9 Å². The number of aryl methyl sites for hydroxylation is 1. The number of allylic oxidation sites excluding steroid dienone is 1. The van der Waals surface area contributed by atoms with Crippen molar-refractivity contribution < 1.29 is 19.5 Å². The molecule has 3 aromatic rings. The third-order valence-electron chi connectivity index (χ3n) is 6.26. The number of hydrogen-bond donors (Lipinski definition) is 2. The number of carboxylic acids is 1. The maximum Gasteiger partial charge on any atom is 0.317 e. The Morgan fingerprint density at radius 3 is 2.24 bits per heavy atom. The summed E-state index contributed by atoms with van der Waals surface area (Å²) in [4.78, 5) is 33.0. The number of hydrogen-bond acceptors (Lipinski definition) is 4. The zero-order chi connectivity index (χ0) is 27.8. The zero-order valence-electron chi connectivity index (χ0n) is 22.7. The number of likely N-dealkylation sites (N-methyl/N-ethyl adjacent to an activating group) is 1. The van der Waals surface area contributed by atoms with Gasteiger partial charge in [-0.2, -0.15) is 0 Å². The van der Waals surface area contributed by atoms with Gasteiger partial charge in [0.05, 0.1) is 12.2 Å². The van der Waals surface area contributed by atoms with Crippen LogP contribution in [0, 0.1) is 12.8 Å². The lowest BCUT2D eigenvalue weighted by Crippen LogP contribution is -2.16. The van der Waals surface area contributed by atoms with Crippen LogP contribution in [0.2, 0.25) is 0 Å². The zero-order valence-corrected chi connectivity index (χ0v) is 22.7. The Morgan fingerprint density at radius 2 is 1.68 bits per heavy atom. The van der Waals surface area contributed by atoms with Crippen LogP contribution < -0.4 is 5.32 Å². The fraction of sp³-hybridized carbons (Fsp3) is 0.344. The highest BCUT2D eigenvalue weighted by atomic mass is 16.4. The summed E-state index contributed by atoms with van der Waals surface area (Å²) >= 11 is 0. The average molecular weight is 517 g/mol. The topological polar surface area (TPSA) is 88.4 Å². The molecule has 6 heteroatoms. The summed E-state index contributed by atoms with van der Waals surface area (Å²) < 4.78 is 1.92. The van der Waals surface area contributed by atoms with E-state index in [1.54, 1.807) is 13.1 Å². The van der Waals surface area contributed by atoms with Gasteiger partial charge < -0.3 is 15.0 Å². The maximum atomic E-state index is 12.7. The highest BCUT2D eigenvalue weighted by molar-refractivity contribution is 6.08. The van der Waals surface area contributed by atoms with Crippen molar-refractivity contribution in [3.8, 4) is 0 Å². The van der Waals surface area contributed by atoms with Crippen LogP contribution in [-0.4, -0.2) is 41.3 Å². The molecule has 2 N–H and O–H groups in total. The molecule has 1 aromatic heterocycles. The number of nitrogens with one attached hydrogen (secondary N) is 1. The quantitative estimate of drug-likeness (QED) is 0.266. The molecule has 202 valence electrons. The highest BCUT2D eigenvalue weighted by Gasteiger charge is 2.12. The van der Waals surface area contributed by atoms with E-state index in [1.165, 1.54) is 32.1 Å². The standard InChI is InChI=1S/C22H19NO2.C7H14.C3H7NO2/c1-17-9-11-20(12-10-17)22(25)21-8-4-14-23(21)13-3-7-18-5-2-6-19(15-18)16-24;1-7-5-3-2-4-6-7;1-4-2-3(5)6/h2-12,14-16H,13H2,1H3;7H,2-6H2,1H3;4H,2H2,1H3,(H,5,6)/b7-3+;;. The molecule has 1 fully saturated rings. The Labute approximate surface area is 226 Å². The van der Waals surface area contributed by atoms with Gasteiger partial charge in [0.1, 0.15) is 6.29 Å². The van der Waals surface area contributed by atoms with Crippen LogP contribution in [0.3, 0.4) is 0 Å². The second-order valence-electron chi connectivity index (χ2n) is 9.60. The molecule has 2 aromatic carbocycles. The van der Waals surface area contributed by atoms with E-state index in [-0.39, 0.29) is 12.3 Å². The number of carboxylic acid groups (broad SMARTS) is 1. The van der Waals surface area contributed by atoms with Crippen molar-refractivity contribution in [1.29, 1.82) is 0 Å². The number of ketones is 1. The lowest BCUT2D eigenvalue weighted by atomic mass is 9.91. The molecule has 0 aliphatic heterocycles. The fourth-order valence-electron chi connectivity index (χ4n) is 4.13. The summed E-state index contributed by atoms with van der Waals surface area (Å²) in [6.45, 7) is 4.99. The Hall–Kier alpha value is -3.77. The third-order valence-corrected chi connectivity index (χ3v) is 6.26. The second-order valence-corrected chi connectivity index (χ2v) is 9.60. The van der Waals surface area contributed by atoms with Gasteiger partial charge in [-0.15, -0.1) is 0 Å². The lowest BCUT2D eigenvalue weighted by Gasteiger charge is -2.15. The molecular weight excluding hydrogens is 476 g/mol. The van der Waals surface area contributed by atoms with Crippen LogP contribution in [0.15, 0.2) is 72.9 Å². The highest BCUT2D eigenvalue weighted by Crippen LogP contribution is 2.22. The van der Waals surface area contributed by atoms with Crippen molar-refractivity contribution >= 4 is 24.1 Å². The van der Waals surface area contributed by atoms with Gasteiger partial charge in [0.25, 0.3) is 0 Å². The van der Waals surface area contributed by atoms with Crippen molar-refractivity contribution in [3.63, 3.8) is 0 Å². The van der Waals surface area contributed by atoms with E-state index in [2.05, 4.69) is 12.2 Å². The van der Waals surface area contributed by atoms with Crippen molar-refractivity contribution in [1.82, 2.24) is 9.88 Å². The summed E-state index contributed by atoms with van der Waals surface area (Å²) in [7, 11) is 1.59. The molecule has 0 radical (unpaired) electrons. The molecule has 0 bridgehead atoms. The molecule has 0 saturated heterocycles. The SMILES string of the molecule is CC1CCCCC1.CNCC(=O)O.Cc1ccc(C(=O)c2cccn2C/C=C/c2cccc(C=O)c2)cc1. The van der Waals surface area contributed by atoms with E-state index >= 15 is 0 Å². The third kappa shape index (κ3) is 11.1. The predicted octanol–water partition coefficient (Wildman–Crippen LogP) is 6.43. The molecule has 1 aliphatic carbocycles. The smallest absolute Gasteiger partial charge is 0.317 e. The average Bonchev–Trinajstić information content (AvgIpc) is 3.38. The Balaban J connectivity index is 0.000000320. The van der Waals surface area contributed by atoms with Gasteiger partial charge in [-0.1, -0.05) is 99.2 Å². The number of aldehydes is 1. The summed E-state index contributed by atoms with van der Waals surface area (Å²) in [6.07, 6.45) is 14.1. The number of benzene rings is 2. The number of aromatic nitrogens is 1. The van der Waals surface area contributed by atoms with Gasteiger partial charge in [-0.25, -0.2) is 0 Å². The fourth-order valence-corrected chi connectivity index (χ4v) is 4.13. The van der Waals surface area contributed by atoms with E-state index < -0.39 is 5.97 Å². The second kappa shape index (κ2) is 16.9. The van der Waals surface area contributed by atoms with Crippen LogP contribution in [0.1, 0.15) is 76.6 Å². The number of carbonyl (C=O) groups excluding carboxylic acids is 2. The maximum absolute atomic E-state index is 12.7. The molecule has 1 aliphatic rings. The number of nitrogens with zero attached hydrogens (tertiary/aromatic N) is 1. The minimum absolute atomic E-state index is 0.0151. The Kier molecular flexibility index (Phi) is 13.5. The monoisotopic (exact) mass is 516 g/mol. The van der Waals surface area contributed by atoms with Crippen molar-refractivity contribution in [2.45, 2.75) is 52.5 Å². The van der Waals surface area contributed by atoms with Crippen LogP contribution >= 0.6 is 0 Å². The molecule has 0 spiro atoms. The van der Waals surface area contributed by atoms with Crippen LogP contribution in [0.4, 0.5) is 0 Å². The summed E-state index contributed by atoms with van der Waals surface area (Å²) in [5.41, 5.74) is 4.09. The minimum Gasteiger partial charge on any atom is -0.480 e. The van der Waals surface area contributed by atoms with E-state index in [1.807, 2.05) is 84.4 Å². The first-order valence-corrected chi connectivity index (χ1v) is 13.2. The molecular formula is C32H40N2O4. The first-order valence-electron chi connectivity index (χ1n) is 13.2. The Morgan fingerprint density at radius 1 is 1.00 bits per heavy atom. The normalized spacial score (nSPS) is 13.1. The van der Waals surface area contributed by atoms with Crippen LogP contribution in [0.25, 0.3) is 6.08 Å². The summed E-state index contributed by atoms with van der Waals surface area (Å²) in [5, 5.41) is 10.3. The van der Waals surface area contributed by atoms with E-state index in [4.69, 9.17) is 5.11 Å². The molecule has 0 amide bonds. The van der Waals surface area contributed by atoms with Gasteiger partial charge >= 0.3 is 5.97 Å². The molecule has 1 saturated carbocycles. The lowest BCUT2D eigenvalue weighted by molar-refractivity contribution is -0.135. The summed E-state index contributed by atoms with van der Waals surface area (Å²) in [6, 6.07) is 18.7. The van der Waals surface area contributed by atoms with Crippen molar-refractivity contribution in [2.24, 2.45) is 5.92 Å². The first-order chi connectivity index (χ1) is 18.3. The number of carbonyl (C=O) groups is 3. The summed E-state index contributed by atoms with van der Waals surface area (Å²) in [5.74, 6) is 0.229. The van der Waals surface area contributed by atoms with Gasteiger partial charge in [0.15, 0.2) is 0 Å². The number of aliphatic carboxylic acids is 1. The van der Waals surface area contributed by atoms with Gasteiger partial charge in [-0.05, 0) is 43.7 Å². The molecule has 6 nitrogen and oxygen atoms in total. The molecule has 38 heavy (non-hydrogen) atoms. The molecule has 4 rings (SSSR count). The van der Waals surface area contributed by atoms with Crippen molar-refractivity contribution in [3.05, 3.63) is 101 Å². The first kappa shape index (κ1) is 30.5.